The van der Waals surface area contributed by atoms with E-state index < -0.39 is 18.1 Å². The summed E-state index contributed by atoms with van der Waals surface area (Å²) in [5, 5.41) is 13.1. The number of fused-ring (bicyclic) bond motifs is 4. The lowest BCUT2D eigenvalue weighted by molar-refractivity contribution is -0.139. The first-order chi connectivity index (χ1) is 16.0. The fourth-order valence-corrected chi connectivity index (χ4v) is 5.03. The minimum absolute atomic E-state index is 0.0857. The summed E-state index contributed by atoms with van der Waals surface area (Å²) in [6, 6.07) is 20.7. The lowest BCUT2D eigenvalue weighted by atomic mass is 9.98. The number of alkyl carbamates (subject to hydrolysis) is 1. The molecule has 5 rings (SSSR count). The third-order valence-electron chi connectivity index (χ3n) is 6.11. The molecule has 1 atom stereocenters. The molecule has 3 N–H and O–H groups in total. The van der Waals surface area contributed by atoms with Crippen LogP contribution in [0.25, 0.3) is 22.0 Å². The first-order valence-electron chi connectivity index (χ1n) is 10.6. The molecule has 0 radical (unpaired) electrons. The Bertz CT molecular complexity index is 1320. The second-order valence-corrected chi connectivity index (χ2v) is 8.90. The van der Waals surface area contributed by atoms with Crippen LogP contribution in [0.5, 0.6) is 0 Å². The number of aromatic amines is 1. The summed E-state index contributed by atoms with van der Waals surface area (Å²) >= 11 is 3.48. The SMILES string of the molecule is O=C(N[C@H](Cc1c[nH]c2c(Br)cccc12)C(=O)O)OCC1c2ccccc2-c2ccccc21. The van der Waals surface area contributed by atoms with Gasteiger partial charge in [-0.05, 0) is 49.8 Å². The fraction of sp³-hybridized carbons (Fsp3) is 0.154. The first kappa shape index (κ1) is 21.3. The van der Waals surface area contributed by atoms with Crippen molar-refractivity contribution in [3.05, 3.63) is 94.1 Å². The summed E-state index contributed by atoms with van der Waals surface area (Å²) in [7, 11) is 0. The summed E-state index contributed by atoms with van der Waals surface area (Å²) in [4.78, 5) is 27.6. The van der Waals surface area contributed by atoms with Crippen molar-refractivity contribution in [2.24, 2.45) is 0 Å². The number of aromatic nitrogens is 1. The number of halogens is 1. The van der Waals surface area contributed by atoms with Crippen LogP contribution in [0.3, 0.4) is 0 Å². The van der Waals surface area contributed by atoms with Gasteiger partial charge in [-0.3, -0.25) is 0 Å². The van der Waals surface area contributed by atoms with Gasteiger partial charge in [0.25, 0.3) is 0 Å². The van der Waals surface area contributed by atoms with Crippen molar-refractivity contribution >= 4 is 38.9 Å². The highest BCUT2D eigenvalue weighted by atomic mass is 79.9. The van der Waals surface area contributed by atoms with Crippen molar-refractivity contribution in [2.45, 2.75) is 18.4 Å². The quantitative estimate of drug-likeness (QED) is 0.324. The molecule has 1 amide bonds. The Morgan fingerprint density at radius 3 is 2.33 bits per heavy atom. The molecular weight excluding hydrogens is 484 g/mol. The molecule has 1 heterocycles. The molecular formula is C26H21BrN2O4. The van der Waals surface area contributed by atoms with Crippen molar-refractivity contribution in [1.29, 1.82) is 0 Å². The van der Waals surface area contributed by atoms with Gasteiger partial charge in [0.15, 0.2) is 0 Å². The number of hydrogen-bond donors (Lipinski definition) is 3. The topological polar surface area (TPSA) is 91.4 Å². The van der Waals surface area contributed by atoms with E-state index in [0.717, 1.165) is 43.2 Å². The Balaban J connectivity index is 1.29. The number of aliphatic carboxylic acids is 1. The zero-order chi connectivity index (χ0) is 22.9. The first-order valence-corrected chi connectivity index (χ1v) is 11.4. The molecule has 0 spiro atoms. The summed E-state index contributed by atoms with van der Waals surface area (Å²) in [5.74, 6) is -1.20. The van der Waals surface area contributed by atoms with Gasteiger partial charge in [-0.25, -0.2) is 9.59 Å². The third kappa shape index (κ3) is 4.00. The van der Waals surface area contributed by atoms with Gasteiger partial charge in [-0.15, -0.1) is 0 Å². The number of H-pyrrole nitrogens is 1. The summed E-state index contributed by atoms with van der Waals surface area (Å²) in [6.45, 7) is 0.131. The van der Waals surface area contributed by atoms with E-state index in [2.05, 4.69) is 38.4 Å². The molecule has 7 heteroatoms. The fourth-order valence-electron chi connectivity index (χ4n) is 4.55. The van der Waals surface area contributed by atoms with Gasteiger partial charge in [-0.2, -0.15) is 0 Å². The number of para-hydroxylation sites is 1. The van der Waals surface area contributed by atoms with Crippen molar-refractivity contribution in [3.8, 4) is 11.1 Å². The van der Waals surface area contributed by atoms with E-state index in [1.165, 1.54) is 0 Å². The highest BCUT2D eigenvalue weighted by molar-refractivity contribution is 9.10. The zero-order valence-electron chi connectivity index (χ0n) is 17.5. The summed E-state index contributed by atoms with van der Waals surface area (Å²) in [6.07, 6.45) is 1.16. The van der Waals surface area contributed by atoms with Crippen molar-refractivity contribution in [1.82, 2.24) is 10.3 Å². The third-order valence-corrected chi connectivity index (χ3v) is 6.77. The molecule has 1 aliphatic rings. The molecule has 0 bridgehead atoms. The number of carboxylic acids is 1. The van der Waals surface area contributed by atoms with E-state index in [0.29, 0.717) is 0 Å². The lowest BCUT2D eigenvalue weighted by Gasteiger charge is -2.17. The number of carbonyl (C=O) groups is 2. The van der Waals surface area contributed by atoms with Crippen LogP contribution in [-0.2, 0) is 16.0 Å². The van der Waals surface area contributed by atoms with Gasteiger partial charge in [-0.1, -0.05) is 60.7 Å². The van der Waals surface area contributed by atoms with Crippen molar-refractivity contribution in [2.75, 3.05) is 6.61 Å². The van der Waals surface area contributed by atoms with E-state index in [4.69, 9.17) is 4.74 Å². The molecule has 33 heavy (non-hydrogen) atoms. The zero-order valence-corrected chi connectivity index (χ0v) is 19.1. The summed E-state index contributed by atoms with van der Waals surface area (Å²) in [5.41, 5.74) is 6.17. The Kier molecular flexibility index (Phi) is 5.64. The maximum Gasteiger partial charge on any atom is 0.407 e. The van der Waals surface area contributed by atoms with Crippen LogP contribution in [0.15, 0.2) is 77.4 Å². The Hall–Kier alpha value is -3.58. The van der Waals surface area contributed by atoms with E-state index in [1.807, 2.05) is 54.6 Å². The molecule has 1 aliphatic carbocycles. The number of carboxylic acid groups (broad SMARTS) is 1. The Morgan fingerprint density at radius 1 is 1.00 bits per heavy atom. The second kappa shape index (κ2) is 8.75. The van der Waals surface area contributed by atoms with Gasteiger partial charge in [0, 0.05) is 28.4 Å². The molecule has 0 saturated heterocycles. The molecule has 166 valence electrons. The Labute approximate surface area is 198 Å². The van der Waals surface area contributed by atoms with E-state index in [1.54, 1.807) is 6.20 Å². The van der Waals surface area contributed by atoms with Crippen LogP contribution in [0.4, 0.5) is 4.79 Å². The summed E-state index contributed by atoms with van der Waals surface area (Å²) < 4.78 is 6.41. The van der Waals surface area contributed by atoms with Crippen molar-refractivity contribution in [3.63, 3.8) is 0 Å². The molecule has 6 nitrogen and oxygen atoms in total. The monoisotopic (exact) mass is 504 g/mol. The molecule has 0 aliphatic heterocycles. The number of nitrogens with one attached hydrogen (secondary N) is 2. The molecule has 3 aromatic carbocycles. The highest BCUT2D eigenvalue weighted by Crippen LogP contribution is 2.44. The minimum Gasteiger partial charge on any atom is -0.480 e. The van der Waals surface area contributed by atoms with Crippen LogP contribution >= 0.6 is 15.9 Å². The number of rotatable bonds is 6. The normalized spacial score (nSPS) is 13.4. The lowest BCUT2D eigenvalue weighted by Crippen LogP contribution is -2.42. The number of carbonyl (C=O) groups excluding carboxylic acids is 1. The maximum absolute atomic E-state index is 12.6. The van der Waals surface area contributed by atoms with Gasteiger partial charge in [0.05, 0.1) is 5.52 Å². The highest BCUT2D eigenvalue weighted by Gasteiger charge is 2.30. The predicted molar refractivity (Wildman–Crippen MR) is 129 cm³/mol. The number of ether oxygens (including phenoxy) is 1. The Morgan fingerprint density at radius 2 is 1.67 bits per heavy atom. The molecule has 1 aromatic heterocycles. The maximum atomic E-state index is 12.6. The van der Waals surface area contributed by atoms with Gasteiger partial charge < -0.3 is 20.1 Å². The average Bonchev–Trinajstić information content (AvgIpc) is 3.37. The van der Waals surface area contributed by atoms with E-state index >= 15 is 0 Å². The second-order valence-electron chi connectivity index (χ2n) is 8.04. The largest absolute Gasteiger partial charge is 0.480 e. The van der Waals surface area contributed by atoms with Gasteiger partial charge in [0.2, 0.25) is 0 Å². The van der Waals surface area contributed by atoms with Crippen LogP contribution in [0.2, 0.25) is 0 Å². The van der Waals surface area contributed by atoms with Crippen LogP contribution < -0.4 is 5.32 Å². The molecule has 0 unspecified atom stereocenters. The average molecular weight is 505 g/mol. The van der Waals surface area contributed by atoms with Crippen LogP contribution in [0.1, 0.15) is 22.6 Å². The predicted octanol–water partition coefficient (Wildman–Crippen LogP) is 5.46. The van der Waals surface area contributed by atoms with Gasteiger partial charge >= 0.3 is 12.1 Å². The number of benzene rings is 3. The van der Waals surface area contributed by atoms with E-state index in [-0.39, 0.29) is 18.9 Å². The van der Waals surface area contributed by atoms with Gasteiger partial charge in [0.1, 0.15) is 12.6 Å². The standard InChI is InChI=1S/C26H21BrN2O4/c27-22-11-5-10-16-15(13-28-24(16)22)12-23(25(30)31)29-26(32)33-14-21-19-8-3-1-6-17(19)18-7-2-4-9-20(18)21/h1-11,13,21,23,28H,12,14H2,(H,29,32)(H,30,31)/t23-/m1/s1. The number of amides is 1. The van der Waals surface area contributed by atoms with Crippen LogP contribution in [-0.4, -0.2) is 34.8 Å². The van der Waals surface area contributed by atoms with E-state index in [9.17, 15) is 14.7 Å². The molecule has 4 aromatic rings. The smallest absolute Gasteiger partial charge is 0.407 e. The minimum atomic E-state index is -1.12. The van der Waals surface area contributed by atoms with Crippen molar-refractivity contribution < 1.29 is 19.4 Å². The number of hydrogen-bond acceptors (Lipinski definition) is 3. The molecule has 0 fully saturated rings. The van der Waals surface area contributed by atoms with Crippen LogP contribution in [0, 0.1) is 0 Å². The molecule has 0 saturated carbocycles.